The monoisotopic (exact) mass is 873 g/mol. The number of quaternary nitrogens is 1. The van der Waals surface area contributed by atoms with Gasteiger partial charge in [0.1, 0.15) is 12.6 Å². The number of hydrogen-bond acceptors (Lipinski definition) is 4. The maximum atomic E-state index is 13.0. The van der Waals surface area contributed by atoms with E-state index in [1.807, 2.05) is 12.1 Å². The zero-order valence-corrected chi connectivity index (χ0v) is 39.7. The Hall–Kier alpha value is -1.80. The summed E-state index contributed by atoms with van der Waals surface area (Å²) in [5, 5.41) is 0. The number of fused-ring (bicyclic) bond motifs is 1. The van der Waals surface area contributed by atoms with Gasteiger partial charge in [-0.15, -0.1) is 0 Å². The lowest BCUT2D eigenvalue weighted by Crippen LogP contribution is -3.00. The molecule has 1 unspecified atom stereocenters. The standard InChI is InChI=1S/C51H89N2O4.BrH/c1-5-7-9-11-13-15-17-19-21-23-25-27-29-31-33-37-43-56-46-47(45-53(3,4)42-41-52-50(54)48-39-35-36-40-49(48)51(52)55)57-44-38-34-32-30-28-26-24-22-20-18-16-14-12-10-8-6-2;/h19-22,35-36,39-40,47H,5-18,23-34,37-38,41-46H2,1-4H3;1H/q+1;/p-1/b21-19-,22-20-;. The third-order valence-corrected chi connectivity index (χ3v) is 11.6. The molecule has 0 bridgehead atoms. The number of carbonyl (C=O) groups excluding carboxylic acids is 2. The van der Waals surface area contributed by atoms with E-state index in [1.165, 1.54) is 172 Å². The zero-order valence-electron chi connectivity index (χ0n) is 38.1. The first-order chi connectivity index (χ1) is 27.9. The normalized spacial score (nSPS) is 13.6. The molecule has 6 nitrogen and oxygen atoms in total. The molecule has 1 aromatic rings. The highest BCUT2D eigenvalue weighted by molar-refractivity contribution is 6.21. The van der Waals surface area contributed by atoms with Gasteiger partial charge in [0.2, 0.25) is 0 Å². The molecule has 58 heavy (non-hydrogen) atoms. The van der Waals surface area contributed by atoms with E-state index >= 15 is 0 Å². The first kappa shape index (κ1) is 54.2. The lowest BCUT2D eigenvalue weighted by molar-refractivity contribution is -0.892. The average Bonchev–Trinajstić information content (AvgIpc) is 3.45. The Morgan fingerprint density at radius 3 is 1.36 bits per heavy atom. The predicted molar refractivity (Wildman–Crippen MR) is 243 cm³/mol. The fourth-order valence-electron chi connectivity index (χ4n) is 7.87. The number of likely N-dealkylation sites (N-methyl/N-ethyl adjacent to an activating group) is 1. The van der Waals surface area contributed by atoms with Crippen LogP contribution in [0.4, 0.5) is 0 Å². The van der Waals surface area contributed by atoms with Crippen molar-refractivity contribution in [3.8, 4) is 0 Å². The number of carbonyl (C=O) groups is 2. The molecule has 0 saturated carbocycles. The van der Waals surface area contributed by atoms with Gasteiger partial charge in [0, 0.05) is 13.2 Å². The number of nitrogens with zero attached hydrogens (tertiary/aromatic N) is 2. The minimum atomic E-state index is -0.178. The Morgan fingerprint density at radius 2 is 0.931 bits per heavy atom. The zero-order chi connectivity index (χ0) is 41.1. The van der Waals surface area contributed by atoms with Crippen molar-refractivity contribution in [1.29, 1.82) is 0 Å². The van der Waals surface area contributed by atoms with Crippen molar-refractivity contribution < 1.29 is 40.5 Å². The number of imide groups is 1. The summed E-state index contributed by atoms with van der Waals surface area (Å²) in [7, 11) is 4.34. The van der Waals surface area contributed by atoms with Crippen LogP contribution in [0.5, 0.6) is 0 Å². The number of ether oxygens (including phenoxy) is 2. The van der Waals surface area contributed by atoms with Crippen molar-refractivity contribution in [1.82, 2.24) is 4.90 Å². The molecular weight excluding hydrogens is 784 g/mol. The van der Waals surface area contributed by atoms with Crippen LogP contribution in [0, 0.1) is 0 Å². The molecular formula is C51H89BrN2O4. The molecule has 2 rings (SSSR count). The maximum absolute atomic E-state index is 13.0. The SMILES string of the molecule is CCCCCCCC/C=C\CCCCCCCCOCC(C[N+](C)(C)CCN1C(=O)c2ccccc2C1=O)OCCCCCCCC/C=C\CCCCCCCC.[Br-]. The van der Waals surface area contributed by atoms with Crippen molar-refractivity contribution in [2.24, 2.45) is 0 Å². The summed E-state index contributed by atoms with van der Waals surface area (Å²) in [6.45, 7) is 8.53. The fraction of sp³-hybridized carbons (Fsp3) is 0.765. The highest BCUT2D eigenvalue weighted by atomic mass is 79.9. The number of rotatable bonds is 40. The number of halogens is 1. The number of allylic oxidation sites excluding steroid dienone is 4. The van der Waals surface area contributed by atoms with Crippen molar-refractivity contribution in [2.45, 2.75) is 200 Å². The molecule has 0 aliphatic carbocycles. The Kier molecular flexibility index (Phi) is 34.6. The molecule has 2 amide bonds. The minimum absolute atomic E-state index is 0. The topological polar surface area (TPSA) is 55.8 Å². The van der Waals surface area contributed by atoms with E-state index in [-0.39, 0.29) is 34.9 Å². The number of hydrogen-bond donors (Lipinski definition) is 0. The second-order valence-electron chi connectivity index (χ2n) is 17.6. The predicted octanol–water partition coefficient (Wildman–Crippen LogP) is 10.8. The van der Waals surface area contributed by atoms with Gasteiger partial charge in [0.05, 0.1) is 44.9 Å². The molecule has 0 spiro atoms. The van der Waals surface area contributed by atoms with Crippen LogP contribution in [-0.2, 0) is 9.47 Å². The quantitative estimate of drug-likeness (QED) is 0.0285. The summed E-state index contributed by atoms with van der Waals surface area (Å²) in [5.41, 5.74) is 1.04. The van der Waals surface area contributed by atoms with E-state index in [1.54, 1.807) is 12.1 Å². The van der Waals surface area contributed by atoms with Crippen LogP contribution in [-0.4, -0.2) is 80.9 Å². The number of benzene rings is 1. The van der Waals surface area contributed by atoms with Gasteiger partial charge in [-0.1, -0.05) is 166 Å². The summed E-state index contributed by atoms with van der Waals surface area (Å²) in [6.07, 6.45) is 46.1. The smallest absolute Gasteiger partial charge is 0.261 e. The summed E-state index contributed by atoms with van der Waals surface area (Å²) in [6, 6.07) is 7.15. The van der Waals surface area contributed by atoms with Crippen molar-refractivity contribution in [3.05, 3.63) is 59.7 Å². The Labute approximate surface area is 368 Å². The second-order valence-corrected chi connectivity index (χ2v) is 17.6. The molecule has 1 heterocycles. The average molecular weight is 874 g/mol. The van der Waals surface area contributed by atoms with Crippen LogP contribution in [0.1, 0.15) is 214 Å². The van der Waals surface area contributed by atoms with E-state index in [0.29, 0.717) is 35.3 Å². The largest absolute Gasteiger partial charge is 1.00 e. The third-order valence-electron chi connectivity index (χ3n) is 11.6. The van der Waals surface area contributed by atoms with Gasteiger partial charge in [0.15, 0.2) is 0 Å². The Morgan fingerprint density at radius 1 is 0.552 bits per heavy atom. The fourth-order valence-corrected chi connectivity index (χ4v) is 7.87. The lowest BCUT2D eigenvalue weighted by atomic mass is 10.1. The summed E-state index contributed by atoms with van der Waals surface area (Å²) >= 11 is 0. The van der Waals surface area contributed by atoms with Gasteiger partial charge in [-0.05, 0) is 76.3 Å². The molecule has 0 saturated heterocycles. The molecule has 1 aromatic carbocycles. The highest BCUT2D eigenvalue weighted by Crippen LogP contribution is 2.23. The Bertz CT molecular complexity index is 1170. The number of amides is 2. The van der Waals surface area contributed by atoms with Crippen LogP contribution in [0.15, 0.2) is 48.6 Å². The van der Waals surface area contributed by atoms with Gasteiger partial charge >= 0.3 is 0 Å². The highest BCUT2D eigenvalue weighted by Gasteiger charge is 2.36. The molecule has 0 aromatic heterocycles. The Balaban J connectivity index is 0.0000168. The molecule has 7 heteroatoms. The first-order valence-electron chi connectivity index (χ1n) is 24.2. The van der Waals surface area contributed by atoms with Crippen molar-refractivity contribution in [2.75, 3.05) is 53.6 Å². The van der Waals surface area contributed by atoms with E-state index in [9.17, 15) is 9.59 Å². The van der Waals surface area contributed by atoms with E-state index in [4.69, 9.17) is 9.47 Å². The van der Waals surface area contributed by atoms with E-state index in [0.717, 1.165) is 32.6 Å². The molecule has 1 aliphatic heterocycles. The second kappa shape index (κ2) is 37.0. The molecule has 334 valence electrons. The van der Waals surface area contributed by atoms with Gasteiger partial charge < -0.3 is 30.9 Å². The van der Waals surface area contributed by atoms with Crippen LogP contribution in [0.3, 0.4) is 0 Å². The summed E-state index contributed by atoms with van der Waals surface area (Å²) in [4.78, 5) is 27.4. The van der Waals surface area contributed by atoms with Gasteiger partial charge in [-0.2, -0.15) is 0 Å². The van der Waals surface area contributed by atoms with Crippen LogP contribution in [0.2, 0.25) is 0 Å². The van der Waals surface area contributed by atoms with Gasteiger partial charge in [0.25, 0.3) is 11.8 Å². The van der Waals surface area contributed by atoms with E-state index in [2.05, 4.69) is 52.2 Å². The molecule has 0 radical (unpaired) electrons. The van der Waals surface area contributed by atoms with Crippen LogP contribution in [0.25, 0.3) is 0 Å². The molecule has 1 atom stereocenters. The van der Waals surface area contributed by atoms with Crippen LogP contribution >= 0.6 is 0 Å². The third kappa shape index (κ3) is 27.1. The maximum Gasteiger partial charge on any atom is 0.261 e. The molecule has 1 aliphatic rings. The summed E-state index contributed by atoms with van der Waals surface area (Å²) < 4.78 is 13.4. The number of unbranched alkanes of at least 4 members (excludes halogenated alkanes) is 24. The summed E-state index contributed by atoms with van der Waals surface area (Å²) in [5.74, 6) is -0.357. The first-order valence-corrected chi connectivity index (χ1v) is 24.2. The lowest BCUT2D eigenvalue weighted by Gasteiger charge is -2.34. The van der Waals surface area contributed by atoms with Crippen LogP contribution < -0.4 is 17.0 Å². The van der Waals surface area contributed by atoms with Gasteiger partial charge in [-0.3, -0.25) is 14.5 Å². The van der Waals surface area contributed by atoms with Crippen molar-refractivity contribution in [3.63, 3.8) is 0 Å². The molecule has 0 fully saturated rings. The minimum Gasteiger partial charge on any atom is -1.00 e. The molecule has 0 N–H and O–H groups in total. The van der Waals surface area contributed by atoms with E-state index < -0.39 is 0 Å². The van der Waals surface area contributed by atoms with Gasteiger partial charge in [-0.25, -0.2) is 0 Å². The van der Waals surface area contributed by atoms with Crippen molar-refractivity contribution >= 4 is 11.8 Å².